The maximum Gasteiger partial charge on any atom is 0.0491 e. The van der Waals surface area contributed by atoms with Crippen molar-refractivity contribution < 1.29 is 0 Å². The predicted octanol–water partition coefficient (Wildman–Crippen LogP) is 4.38. The standard InChI is InChI=1S/C21H26ClN3/c1-24(2)13-7-12-23-14-18-16-25(21-11-6-4-9-19(18)21)15-17-8-3-5-10-20(17)22/h3-6,8-11,16,23H,7,12-15H2,1-2H3. The lowest BCUT2D eigenvalue weighted by molar-refractivity contribution is 0.394. The Morgan fingerprint density at radius 1 is 1.00 bits per heavy atom. The highest BCUT2D eigenvalue weighted by atomic mass is 35.5. The summed E-state index contributed by atoms with van der Waals surface area (Å²) in [6, 6.07) is 16.7. The Kier molecular flexibility index (Phi) is 6.14. The second-order valence-corrected chi connectivity index (χ2v) is 7.13. The minimum Gasteiger partial charge on any atom is -0.343 e. The van der Waals surface area contributed by atoms with Gasteiger partial charge in [0.15, 0.2) is 0 Å². The number of para-hydroxylation sites is 1. The van der Waals surface area contributed by atoms with Crippen molar-refractivity contribution >= 4 is 22.5 Å². The first-order valence-corrected chi connectivity index (χ1v) is 9.18. The molecule has 0 fully saturated rings. The first-order chi connectivity index (χ1) is 12.1. The van der Waals surface area contributed by atoms with Gasteiger partial charge in [-0.15, -0.1) is 0 Å². The molecule has 25 heavy (non-hydrogen) atoms. The van der Waals surface area contributed by atoms with E-state index in [1.54, 1.807) is 0 Å². The summed E-state index contributed by atoms with van der Waals surface area (Å²) < 4.78 is 2.30. The van der Waals surface area contributed by atoms with Gasteiger partial charge in [-0.3, -0.25) is 0 Å². The van der Waals surface area contributed by atoms with E-state index in [4.69, 9.17) is 11.6 Å². The van der Waals surface area contributed by atoms with Crippen LogP contribution in [0.5, 0.6) is 0 Å². The van der Waals surface area contributed by atoms with Crippen LogP contribution in [0.4, 0.5) is 0 Å². The molecule has 0 saturated heterocycles. The zero-order valence-electron chi connectivity index (χ0n) is 15.0. The monoisotopic (exact) mass is 355 g/mol. The van der Waals surface area contributed by atoms with Gasteiger partial charge in [0.2, 0.25) is 0 Å². The number of aromatic nitrogens is 1. The zero-order chi connectivity index (χ0) is 17.6. The van der Waals surface area contributed by atoms with Crippen LogP contribution < -0.4 is 5.32 Å². The van der Waals surface area contributed by atoms with Crippen LogP contribution in [0.2, 0.25) is 5.02 Å². The van der Waals surface area contributed by atoms with Gasteiger partial charge >= 0.3 is 0 Å². The van der Waals surface area contributed by atoms with Crippen molar-refractivity contribution in [1.29, 1.82) is 0 Å². The van der Waals surface area contributed by atoms with Crippen molar-refractivity contribution in [3.8, 4) is 0 Å². The van der Waals surface area contributed by atoms with Crippen molar-refractivity contribution in [2.24, 2.45) is 0 Å². The molecule has 0 saturated carbocycles. The van der Waals surface area contributed by atoms with E-state index < -0.39 is 0 Å². The van der Waals surface area contributed by atoms with Gasteiger partial charge in [0.05, 0.1) is 0 Å². The van der Waals surface area contributed by atoms with Gasteiger partial charge in [0, 0.05) is 35.2 Å². The van der Waals surface area contributed by atoms with Crippen LogP contribution in [0.25, 0.3) is 10.9 Å². The highest BCUT2D eigenvalue weighted by Gasteiger charge is 2.09. The summed E-state index contributed by atoms with van der Waals surface area (Å²) in [7, 11) is 4.23. The molecule has 0 atom stereocenters. The van der Waals surface area contributed by atoms with Crippen LogP contribution in [0.3, 0.4) is 0 Å². The fourth-order valence-electron chi connectivity index (χ4n) is 3.15. The molecule has 0 aliphatic rings. The zero-order valence-corrected chi connectivity index (χ0v) is 15.8. The fraction of sp³-hybridized carbons (Fsp3) is 0.333. The Morgan fingerprint density at radius 2 is 1.76 bits per heavy atom. The van der Waals surface area contributed by atoms with Gasteiger partial charge in [-0.25, -0.2) is 0 Å². The summed E-state index contributed by atoms with van der Waals surface area (Å²) in [6.07, 6.45) is 3.41. The molecule has 3 nitrogen and oxygen atoms in total. The SMILES string of the molecule is CN(C)CCCNCc1cn(Cc2ccccc2Cl)c2ccccc12. The summed E-state index contributed by atoms with van der Waals surface area (Å²) in [6.45, 7) is 3.83. The molecule has 0 amide bonds. The van der Waals surface area contributed by atoms with Gasteiger partial charge in [0.25, 0.3) is 0 Å². The number of hydrogen-bond acceptors (Lipinski definition) is 2. The molecule has 132 valence electrons. The molecule has 1 aromatic heterocycles. The number of hydrogen-bond donors (Lipinski definition) is 1. The molecule has 3 rings (SSSR count). The Bertz CT molecular complexity index is 823. The Balaban J connectivity index is 1.75. The van der Waals surface area contributed by atoms with E-state index in [0.717, 1.165) is 43.2 Å². The number of fused-ring (bicyclic) bond motifs is 1. The van der Waals surface area contributed by atoms with Crippen molar-refractivity contribution in [1.82, 2.24) is 14.8 Å². The molecule has 0 spiro atoms. The lowest BCUT2D eigenvalue weighted by Gasteiger charge is -2.09. The highest BCUT2D eigenvalue weighted by molar-refractivity contribution is 6.31. The van der Waals surface area contributed by atoms with Crippen molar-refractivity contribution in [3.05, 3.63) is 70.9 Å². The summed E-state index contributed by atoms with van der Waals surface area (Å²) in [5.74, 6) is 0. The smallest absolute Gasteiger partial charge is 0.0491 e. The molecule has 0 aliphatic heterocycles. The molecule has 1 N–H and O–H groups in total. The lowest BCUT2D eigenvalue weighted by atomic mass is 10.2. The van der Waals surface area contributed by atoms with Crippen LogP contribution in [0.1, 0.15) is 17.5 Å². The first-order valence-electron chi connectivity index (χ1n) is 8.81. The largest absolute Gasteiger partial charge is 0.343 e. The minimum atomic E-state index is 0.792. The molecule has 0 aliphatic carbocycles. The molecular weight excluding hydrogens is 330 g/mol. The molecular formula is C21H26ClN3. The number of halogens is 1. The third-order valence-electron chi connectivity index (χ3n) is 4.44. The summed E-state index contributed by atoms with van der Waals surface area (Å²) >= 11 is 6.35. The third kappa shape index (κ3) is 4.63. The highest BCUT2D eigenvalue weighted by Crippen LogP contribution is 2.24. The minimum absolute atomic E-state index is 0.792. The van der Waals surface area contributed by atoms with E-state index in [-0.39, 0.29) is 0 Å². The second-order valence-electron chi connectivity index (χ2n) is 6.72. The van der Waals surface area contributed by atoms with Gasteiger partial charge in [-0.05, 0) is 56.9 Å². The van der Waals surface area contributed by atoms with Crippen LogP contribution >= 0.6 is 11.6 Å². The normalized spacial score (nSPS) is 11.5. The molecule has 3 aromatic rings. The molecule has 2 aromatic carbocycles. The Labute approximate surface area is 155 Å². The lowest BCUT2D eigenvalue weighted by Crippen LogP contribution is -2.20. The third-order valence-corrected chi connectivity index (χ3v) is 4.81. The van der Waals surface area contributed by atoms with E-state index in [1.165, 1.54) is 16.5 Å². The van der Waals surface area contributed by atoms with E-state index in [1.807, 2.05) is 18.2 Å². The van der Waals surface area contributed by atoms with Gasteiger partial charge in [-0.1, -0.05) is 48.0 Å². The summed E-state index contributed by atoms with van der Waals surface area (Å²) in [5.41, 5.74) is 3.75. The van der Waals surface area contributed by atoms with E-state index >= 15 is 0 Å². The number of nitrogens with zero attached hydrogens (tertiary/aromatic N) is 2. The van der Waals surface area contributed by atoms with Crippen LogP contribution in [-0.4, -0.2) is 36.7 Å². The van der Waals surface area contributed by atoms with Gasteiger partial charge in [0.1, 0.15) is 0 Å². The van der Waals surface area contributed by atoms with E-state index in [0.29, 0.717) is 0 Å². The number of benzene rings is 2. The predicted molar refractivity (Wildman–Crippen MR) is 107 cm³/mol. The average Bonchev–Trinajstić information content (AvgIpc) is 2.94. The van der Waals surface area contributed by atoms with Crippen molar-refractivity contribution in [3.63, 3.8) is 0 Å². The molecule has 0 radical (unpaired) electrons. The first kappa shape index (κ1) is 18.0. The maximum absolute atomic E-state index is 6.35. The van der Waals surface area contributed by atoms with E-state index in [2.05, 4.69) is 65.4 Å². The summed E-state index contributed by atoms with van der Waals surface area (Å²) in [5, 5.41) is 5.71. The molecule has 4 heteroatoms. The second kappa shape index (κ2) is 8.52. The van der Waals surface area contributed by atoms with Gasteiger partial charge in [-0.2, -0.15) is 0 Å². The molecule has 0 bridgehead atoms. The summed E-state index contributed by atoms with van der Waals surface area (Å²) in [4.78, 5) is 2.22. The van der Waals surface area contributed by atoms with Crippen LogP contribution in [0.15, 0.2) is 54.7 Å². The van der Waals surface area contributed by atoms with Crippen LogP contribution in [-0.2, 0) is 13.1 Å². The van der Waals surface area contributed by atoms with Gasteiger partial charge < -0.3 is 14.8 Å². The van der Waals surface area contributed by atoms with Crippen LogP contribution in [0, 0.1) is 0 Å². The number of rotatable bonds is 8. The Morgan fingerprint density at radius 3 is 2.56 bits per heavy atom. The average molecular weight is 356 g/mol. The van der Waals surface area contributed by atoms with E-state index in [9.17, 15) is 0 Å². The molecule has 1 heterocycles. The Hall–Kier alpha value is -1.81. The topological polar surface area (TPSA) is 20.2 Å². The quantitative estimate of drug-likeness (QED) is 0.605. The fourth-order valence-corrected chi connectivity index (χ4v) is 3.34. The van der Waals surface area contributed by atoms with Crippen molar-refractivity contribution in [2.45, 2.75) is 19.5 Å². The van der Waals surface area contributed by atoms with Crippen molar-refractivity contribution in [2.75, 3.05) is 27.2 Å². The molecule has 0 unspecified atom stereocenters. The number of nitrogens with one attached hydrogen (secondary N) is 1. The maximum atomic E-state index is 6.35.